The molecule has 0 nitrogen and oxygen atoms in total. The molecule has 0 radical (unpaired) electrons. The summed E-state index contributed by atoms with van der Waals surface area (Å²) in [5, 5.41) is 0. The lowest BCUT2D eigenvalue weighted by atomic mass is 9.39. The first kappa shape index (κ1) is 4.76. The van der Waals surface area contributed by atoms with Gasteiger partial charge in [-0.05, 0) is 49.4 Å². The number of hydrogen-bond acceptors (Lipinski definition) is 0. The highest BCUT2D eigenvalue weighted by Gasteiger charge is 2.59. The maximum Gasteiger partial charge on any atom is -0.0264 e. The fourth-order valence-corrected chi connectivity index (χ4v) is 3.34. The maximum absolute atomic E-state index is 1.62. The first-order valence-electron chi connectivity index (χ1n) is 4.41. The molecule has 2 unspecified atom stereocenters. The van der Waals surface area contributed by atoms with Gasteiger partial charge in [-0.3, -0.25) is 0 Å². The van der Waals surface area contributed by atoms with Crippen LogP contribution in [0.5, 0.6) is 0 Å². The van der Waals surface area contributed by atoms with Crippen LogP contribution in [0.2, 0.25) is 0 Å². The summed E-state index contributed by atoms with van der Waals surface area (Å²) in [4.78, 5) is 0. The molecular weight excluding hydrogens is 108 g/mol. The lowest BCUT2D eigenvalue weighted by molar-refractivity contribution is -0.163. The Labute approximate surface area is 56.6 Å². The van der Waals surface area contributed by atoms with Gasteiger partial charge >= 0.3 is 0 Å². The van der Waals surface area contributed by atoms with Gasteiger partial charge in [0.25, 0.3) is 0 Å². The van der Waals surface area contributed by atoms with E-state index in [9.17, 15) is 0 Å². The fraction of sp³-hybridized carbons (Fsp3) is 1.00. The maximum atomic E-state index is 1.62. The Bertz CT molecular complexity index is 144. The number of hydrogen-bond donors (Lipinski definition) is 0. The van der Waals surface area contributed by atoms with Crippen molar-refractivity contribution in [3.63, 3.8) is 0 Å². The van der Waals surface area contributed by atoms with E-state index in [2.05, 4.69) is 0 Å². The smallest absolute Gasteiger partial charge is 0.0264 e. The minimum absolute atomic E-state index is 0.961. The summed E-state index contributed by atoms with van der Waals surface area (Å²) in [5.41, 5.74) is 0.961. The summed E-state index contributed by atoms with van der Waals surface area (Å²) in [7, 11) is 0. The molecule has 0 aliphatic heterocycles. The Hall–Kier alpha value is 0. The third-order valence-corrected chi connectivity index (χ3v) is 4.22. The Morgan fingerprint density at radius 3 is 2.11 bits per heavy atom. The molecule has 3 saturated carbocycles. The summed E-state index contributed by atoms with van der Waals surface area (Å²) in [6, 6.07) is 0. The second-order valence-corrected chi connectivity index (χ2v) is 4.36. The Balaban J connectivity index is 1.81. The fourth-order valence-electron chi connectivity index (χ4n) is 3.34. The molecule has 1 spiro atoms. The van der Waals surface area contributed by atoms with Crippen molar-refractivity contribution in [1.29, 1.82) is 0 Å². The minimum Gasteiger partial charge on any atom is -0.0522 e. The molecule has 3 rings (SSSR count). The first-order chi connectivity index (χ1) is 4.41. The molecule has 0 amide bonds. The minimum atomic E-state index is 0.961. The van der Waals surface area contributed by atoms with Gasteiger partial charge in [0.2, 0.25) is 0 Å². The highest BCUT2D eigenvalue weighted by Crippen LogP contribution is 2.69. The van der Waals surface area contributed by atoms with Crippen molar-refractivity contribution in [2.75, 3.05) is 0 Å². The van der Waals surface area contributed by atoms with E-state index in [0.717, 1.165) is 5.41 Å². The lowest BCUT2D eigenvalue weighted by Crippen LogP contribution is -2.57. The monoisotopic (exact) mass is 122 g/mol. The van der Waals surface area contributed by atoms with E-state index < -0.39 is 0 Å². The first-order valence-corrected chi connectivity index (χ1v) is 4.41. The standard InChI is InChI=1S/C9H14/c1-4-9(5-1)6-7-2-3-8(7)9/h7-8H,1-6H2. The summed E-state index contributed by atoms with van der Waals surface area (Å²) in [5.74, 6) is 2.44. The van der Waals surface area contributed by atoms with E-state index in [0.29, 0.717) is 0 Å². The SMILES string of the molecule is C1CC2(C1)CC1CCC12. The molecule has 0 aromatic rings. The molecule has 50 valence electrons. The van der Waals surface area contributed by atoms with Crippen LogP contribution in [0.1, 0.15) is 38.5 Å². The molecule has 0 aromatic heterocycles. The highest BCUT2D eigenvalue weighted by molar-refractivity contribution is 5.09. The molecule has 0 N–H and O–H groups in total. The zero-order chi connectivity index (χ0) is 5.90. The average molecular weight is 122 g/mol. The van der Waals surface area contributed by atoms with Crippen molar-refractivity contribution in [1.82, 2.24) is 0 Å². The summed E-state index contributed by atoms with van der Waals surface area (Å²) < 4.78 is 0. The number of fused-ring (bicyclic) bond motifs is 2. The molecule has 2 atom stereocenters. The zero-order valence-corrected chi connectivity index (χ0v) is 5.90. The molecule has 0 aromatic carbocycles. The van der Waals surface area contributed by atoms with Gasteiger partial charge in [0, 0.05) is 0 Å². The molecule has 3 aliphatic carbocycles. The molecule has 3 fully saturated rings. The van der Waals surface area contributed by atoms with Gasteiger partial charge in [-0.1, -0.05) is 6.42 Å². The van der Waals surface area contributed by atoms with Crippen molar-refractivity contribution >= 4 is 0 Å². The third kappa shape index (κ3) is 0.367. The van der Waals surface area contributed by atoms with Gasteiger partial charge in [0.1, 0.15) is 0 Å². The normalized spacial score (nSPS) is 50.7. The second-order valence-electron chi connectivity index (χ2n) is 4.36. The van der Waals surface area contributed by atoms with E-state index in [4.69, 9.17) is 0 Å². The van der Waals surface area contributed by atoms with Crippen LogP contribution in [-0.4, -0.2) is 0 Å². The second kappa shape index (κ2) is 1.21. The molecule has 0 heteroatoms. The van der Waals surface area contributed by atoms with Gasteiger partial charge in [0.15, 0.2) is 0 Å². The topological polar surface area (TPSA) is 0 Å². The van der Waals surface area contributed by atoms with E-state index >= 15 is 0 Å². The van der Waals surface area contributed by atoms with Gasteiger partial charge < -0.3 is 0 Å². The van der Waals surface area contributed by atoms with E-state index in [1.165, 1.54) is 11.8 Å². The summed E-state index contributed by atoms with van der Waals surface area (Å²) >= 11 is 0. The van der Waals surface area contributed by atoms with Gasteiger partial charge in [-0.25, -0.2) is 0 Å². The van der Waals surface area contributed by atoms with Crippen molar-refractivity contribution in [3.8, 4) is 0 Å². The largest absolute Gasteiger partial charge is 0.0522 e. The Kier molecular flexibility index (Phi) is 0.640. The van der Waals surface area contributed by atoms with Crippen LogP contribution in [0.15, 0.2) is 0 Å². The van der Waals surface area contributed by atoms with Crippen LogP contribution in [0, 0.1) is 17.3 Å². The molecule has 0 heterocycles. The van der Waals surface area contributed by atoms with Crippen molar-refractivity contribution < 1.29 is 0 Å². The van der Waals surface area contributed by atoms with Crippen LogP contribution in [0.25, 0.3) is 0 Å². The summed E-state index contributed by atoms with van der Waals surface area (Å²) in [6.07, 6.45) is 9.51. The van der Waals surface area contributed by atoms with Crippen LogP contribution >= 0.6 is 0 Å². The van der Waals surface area contributed by atoms with Gasteiger partial charge in [0.05, 0.1) is 0 Å². The zero-order valence-electron chi connectivity index (χ0n) is 5.90. The van der Waals surface area contributed by atoms with Crippen LogP contribution < -0.4 is 0 Å². The van der Waals surface area contributed by atoms with Crippen molar-refractivity contribution in [3.05, 3.63) is 0 Å². The lowest BCUT2D eigenvalue weighted by Gasteiger charge is -2.66. The van der Waals surface area contributed by atoms with E-state index in [1.807, 2.05) is 0 Å². The highest BCUT2D eigenvalue weighted by atomic mass is 14.6. The molecule has 9 heavy (non-hydrogen) atoms. The predicted molar refractivity (Wildman–Crippen MR) is 37.1 cm³/mol. The Morgan fingerprint density at radius 2 is 2.00 bits per heavy atom. The van der Waals surface area contributed by atoms with Gasteiger partial charge in [-0.2, -0.15) is 0 Å². The Morgan fingerprint density at radius 1 is 1.11 bits per heavy atom. The third-order valence-electron chi connectivity index (χ3n) is 4.22. The quantitative estimate of drug-likeness (QED) is 0.463. The van der Waals surface area contributed by atoms with Crippen molar-refractivity contribution in [2.45, 2.75) is 38.5 Å². The number of rotatable bonds is 0. The van der Waals surface area contributed by atoms with Crippen LogP contribution in [-0.2, 0) is 0 Å². The van der Waals surface area contributed by atoms with Crippen LogP contribution in [0.4, 0.5) is 0 Å². The van der Waals surface area contributed by atoms with Gasteiger partial charge in [-0.15, -0.1) is 0 Å². The van der Waals surface area contributed by atoms with E-state index in [-0.39, 0.29) is 0 Å². The van der Waals surface area contributed by atoms with E-state index in [1.54, 1.807) is 38.5 Å². The summed E-state index contributed by atoms with van der Waals surface area (Å²) in [6.45, 7) is 0. The molecular formula is C9H14. The predicted octanol–water partition coefficient (Wildman–Crippen LogP) is 2.59. The molecule has 3 aliphatic rings. The average Bonchev–Trinajstić information content (AvgIpc) is 1.71. The van der Waals surface area contributed by atoms with Crippen LogP contribution in [0.3, 0.4) is 0 Å². The molecule has 0 bridgehead atoms. The molecule has 0 saturated heterocycles. The van der Waals surface area contributed by atoms with Crippen molar-refractivity contribution in [2.24, 2.45) is 17.3 Å².